The Bertz CT molecular complexity index is 892. The standard InChI is InChI=1S/C18H22N2O5S/c1-12-17(8-16(25-12)18(21)24-2)26(22,23)20-10-14(9-19)15(11-20)13-6-4-3-5-7-13/h3-8,14-15H,9-11,19H2,1-2H3/t14-,15+/m1/s1. The molecule has 7 nitrogen and oxygen atoms in total. The van der Waals surface area contributed by atoms with Crippen LogP contribution in [0.4, 0.5) is 0 Å². The highest BCUT2D eigenvalue weighted by Crippen LogP contribution is 2.36. The molecule has 0 radical (unpaired) electrons. The predicted octanol–water partition coefficient (Wildman–Crippen LogP) is 1.74. The molecule has 2 N–H and O–H groups in total. The van der Waals surface area contributed by atoms with Crippen molar-refractivity contribution in [2.75, 3.05) is 26.7 Å². The van der Waals surface area contributed by atoms with Crippen LogP contribution in [0.5, 0.6) is 0 Å². The van der Waals surface area contributed by atoms with Gasteiger partial charge in [-0.15, -0.1) is 0 Å². The number of methoxy groups -OCH3 is 1. The molecule has 26 heavy (non-hydrogen) atoms. The first-order valence-corrected chi connectivity index (χ1v) is 9.76. The van der Waals surface area contributed by atoms with E-state index >= 15 is 0 Å². The zero-order chi connectivity index (χ0) is 18.9. The molecule has 1 aromatic heterocycles. The Kier molecular flexibility index (Phi) is 5.17. The third kappa shape index (κ3) is 3.27. The van der Waals surface area contributed by atoms with Gasteiger partial charge in [-0.05, 0) is 24.9 Å². The molecule has 2 heterocycles. The van der Waals surface area contributed by atoms with Crippen molar-refractivity contribution in [3.8, 4) is 0 Å². The van der Waals surface area contributed by atoms with Crippen LogP contribution in [-0.4, -0.2) is 45.4 Å². The lowest BCUT2D eigenvalue weighted by atomic mass is 9.89. The van der Waals surface area contributed by atoms with E-state index in [1.807, 2.05) is 30.3 Å². The second kappa shape index (κ2) is 7.22. The van der Waals surface area contributed by atoms with E-state index in [1.165, 1.54) is 24.4 Å². The van der Waals surface area contributed by atoms with Crippen LogP contribution in [0, 0.1) is 12.8 Å². The molecule has 1 saturated heterocycles. The second-order valence-corrected chi connectivity index (χ2v) is 8.26. The highest BCUT2D eigenvalue weighted by atomic mass is 32.2. The lowest BCUT2D eigenvalue weighted by Gasteiger charge is -2.16. The fraction of sp³-hybridized carbons (Fsp3) is 0.389. The number of ether oxygens (including phenoxy) is 1. The lowest BCUT2D eigenvalue weighted by molar-refractivity contribution is 0.0563. The van der Waals surface area contributed by atoms with E-state index in [0.29, 0.717) is 19.6 Å². The van der Waals surface area contributed by atoms with E-state index in [9.17, 15) is 13.2 Å². The summed E-state index contributed by atoms with van der Waals surface area (Å²) >= 11 is 0. The van der Waals surface area contributed by atoms with Gasteiger partial charge in [0, 0.05) is 25.1 Å². The van der Waals surface area contributed by atoms with Gasteiger partial charge in [-0.3, -0.25) is 0 Å². The fourth-order valence-electron chi connectivity index (χ4n) is 3.41. The number of sulfonamides is 1. The maximum atomic E-state index is 13.1. The summed E-state index contributed by atoms with van der Waals surface area (Å²) in [6, 6.07) is 11.0. The van der Waals surface area contributed by atoms with Crippen LogP contribution in [0.15, 0.2) is 45.7 Å². The van der Waals surface area contributed by atoms with Crippen molar-refractivity contribution in [3.05, 3.63) is 53.5 Å². The highest BCUT2D eigenvalue weighted by molar-refractivity contribution is 7.89. The first kappa shape index (κ1) is 18.6. The summed E-state index contributed by atoms with van der Waals surface area (Å²) in [5, 5.41) is 0. The molecule has 2 aromatic rings. The normalized spacial score (nSPS) is 21.0. The van der Waals surface area contributed by atoms with Gasteiger partial charge in [0.25, 0.3) is 0 Å². The Morgan fingerprint density at radius 1 is 1.31 bits per heavy atom. The van der Waals surface area contributed by atoms with Gasteiger partial charge in [-0.1, -0.05) is 30.3 Å². The smallest absolute Gasteiger partial charge is 0.373 e. The summed E-state index contributed by atoms with van der Waals surface area (Å²) in [5.41, 5.74) is 6.97. The Balaban J connectivity index is 1.91. The summed E-state index contributed by atoms with van der Waals surface area (Å²) in [6.45, 7) is 2.58. The van der Waals surface area contributed by atoms with Gasteiger partial charge in [0.2, 0.25) is 15.8 Å². The summed E-state index contributed by atoms with van der Waals surface area (Å²) in [6.07, 6.45) is 0. The van der Waals surface area contributed by atoms with Crippen LogP contribution in [0.2, 0.25) is 0 Å². The molecule has 3 rings (SSSR count). The molecule has 8 heteroatoms. The first-order chi connectivity index (χ1) is 12.4. The molecular weight excluding hydrogens is 356 g/mol. The number of carbonyl (C=O) groups excluding carboxylic acids is 1. The predicted molar refractivity (Wildman–Crippen MR) is 95.3 cm³/mol. The maximum Gasteiger partial charge on any atom is 0.373 e. The van der Waals surface area contributed by atoms with Gasteiger partial charge in [-0.25, -0.2) is 13.2 Å². The number of furan rings is 1. The van der Waals surface area contributed by atoms with Crippen molar-refractivity contribution in [1.29, 1.82) is 0 Å². The average molecular weight is 378 g/mol. The molecular formula is C18H22N2O5S. The van der Waals surface area contributed by atoms with Crippen LogP contribution in [0.1, 0.15) is 27.8 Å². The molecule has 1 aliphatic rings. The largest absolute Gasteiger partial charge is 0.463 e. The zero-order valence-electron chi connectivity index (χ0n) is 14.7. The molecule has 0 unspecified atom stereocenters. The monoisotopic (exact) mass is 378 g/mol. The van der Waals surface area contributed by atoms with Gasteiger partial charge < -0.3 is 14.9 Å². The molecule has 1 aliphatic heterocycles. The van der Waals surface area contributed by atoms with E-state index in [2.05, 4.69) is 4.74 Å². The van der Waals surface area contributed by atoms with E-state index in [-0.39, 0.29) is 28.3 Å². The lowest BCUT2D eigenvalue weighted by Crippen LogP contribution is -2.30. The van der Waals surface area contributed by atoms with Gasteiger partial charge in [0.1, 0.15) is 10.7 Å². The number of carbonyl (C=O) groups is 1. The Hall–Kier alpha value is -2.16. The first-order valence-electron chi connectivity index (χ1n) is 8.32. The molecule has 0 aliphatic carbocycles. The van der Waals surface area contributed by atoms with Gasteiger partial charge in [0.05, 0.1) is 7.11 Å². The topological polar surface area (TPSA) is 103 Å². The van der Waals surface area contributed by atoms with Crippen molar-refractivity contribution >= 4 is 16.0 Å². The van der Waals surface area contributed by atoms with Gasteiger partial charge in [-0.2, -0.15) is 4.31 Å². The summed E-state index contributed by atoms with van der Waals surface area (Å²) < 4.78 is 37.5. The highest BCUT2D eigenvalue weighted by Gasteiger charge is 2.40. The molecule has 140 valence electrons. The van der Waals surface area contributed by atoms with Crippen molar-refractivity contribution in [3.63, 3.8) is 0 Å². The minimum atomic E-state index is -3.80. The third-order valence-corrected chi connectivity index (χ3v) is 6.75. The molecule has 0 spiro atoms. The van der Waals surface area contributed by atoms with Crippen LogP contribution in [-0.2, 0) is 14.8 Å². The molecule has 0 amide bonds. The number of nitrogens with two attached hydrogens (primary N) is 1. The summed E-state index contributed by atoms with van der Waals surface area (Å²) in [5.74, 6) is -0.615. The number of benzene rings is 1. The second-order valence-electron chi connectivity index (χ2n) is 6.36. The Labute approximate surface area is 152 Å². The van der Waals surface area contributed by atoms with Crippen molar-refractivity contribution in [2.24, 2.45) is 11.7 Å². The Morgan fingerprint density at radius 3 is 2.62 bits per heavy atom. The van der Waals surface area contributed by atoms with Crippen LogP contribution >= 0.6 is 0 Å². The molecule has 2 atom stereocenters. The number of nitrogens with zero attached hydrogens (tertiary/aromatic N) is 1. The number of hydrogen-bond acceptors (Lipinski definition) is 6. The van der Waals surface area contributed by atoms with Gasteiger partial charge >= 0.3 is 5.97 Å². The van der Waals surface area contributed by atoms with E-state index in [1.54, 1.807) is 0 Å². The minimum Gasteiger partial charge on any atom is -0.463 e. The summed E-state index contributed by atoms with van der Waals surface area (Å²) in [4.78, 5) is 11.6. The number of hydrogen-bond donors (Lipinski definition) is 1. The van der Waals surface area contributed by atoms with Crippen LogP contribution in [0.3, 0.4) is 0 Å². The fourth-order valence-corrected chi connectivity index (χ4v) is 5.09. The number of rotatable bonds is 5. The Morgan fingerprint density at radius 2 is 2.00 bits per heavy atom. The number of esters is 1. The molecule has 1 fully saturated rings. The SMILES string of the molecule is COC(=O)c1cc(S(=O)(=O)N2C[C@@H](CN)[C@H](c3ccccc3)C2)c(C)o1. The van der Waals surface area contributed by atoms with Crippen molar-refractivity contribution in [1.82, 2.24) is 4.31 Å². The van der Waals surface area contributed by atoms with Crippen LogP contribution < -0.4 is 5.73 Å². The van der Waals surface area contributed by atoms with E-state index in [0.717, 1.165) is 5.56 Å². The minimum absolute atomic E-state index is 0.0117. The van der Waals surface area contributed by atoms with E-state index < -0.39 is 16.0 Å². The third-order valence-electron chi connectivity index (χ3n) is 4.81. The molecule has 1 aromatic carbocycles. The van der Waals surface area contributed by atoms with Gasteiger partial charge in [0.15, 0.2) is 0 Å². The molecule has 0 saturated carbocycles. The summed E-state index contributed by atoms with van der Waals surface area (Å²) in [7, 11) is -2.58. The average Bonchev–Trinajstić information content (AvgIpc) is 3.26. The van der Waals surface area contributed by atoms with E-state index in [4.69, 9.17) is 10.2 Å². The number of aryl methyl sites for hydroxylation is 1. The van der Waals surface area contributed by atoms with Crippen molar-refractivity contribution in [2.45, 2.75) is 17.7 Å². The zero-order valence-corrected chi connectivity index (χ0v) is 15.5. The molecule has 0 bridgehead atoms. The van der Waals surface area contributed by atoms with Crippen LogP contribution in [0.25, 0.3) is 0 Å². The maximum absolute atomic E-state index is 13.1. The van der Waals surface area contributed by atoms with Crippen molar-refractivity contribution < 1.29 is 22.4 Å². The quantitative estimate of drug-likeness (QED) is 0.795.